The summed E-state index contributed by atoms with van der Waals surface area (Å²) in [4.78, 5) is 16.3. The highest BCUT2D eigenvalue weighted by Crippen LogP contribution is 2.27. The van der Waals surface area contributed by atoms with Gasteiger partial charge in [-0.1, -0.05) is 18.2 Å². The maximum absolute atomic E-state index is 12.7. The molecule has 28 heavy (non-hydrogen) atoms. The zero-order valence-corrected chi connectivity index (χ0v) is 16.9. The van der Waals surface area contributed by atoms with Crippen LogP contribution < -0.4 is 24.6 Å². The molecule has 0 saturated carbocycles. The monoisotopic (exact) mass is 384 g/mol. The van der Waals surface area contributed by atoms with Gasteiger partial charge in [0.15, 0.2) is 6.04 Å². The molecule has 0 aromatic heterocycles. The maximum Gasteiger partial charge on any atom is 0.282 e. The number of carbonyl (C=O) groups excluding carboxylic acids is 1. The van der Waals surface area contributed by atoms with E-state index < -0.39 is 0 Å². The van der Waals surface area contributed by atoms with Crippen LogP contribution >= 0.6 is 0 Å². The van der Waals surface area contributed by atoms with E-state index >= 15 is 0 Å². The number of nitrogens with one attached hydrogen (secondary N) is 2. The quantitative estimate of drug-likeness (QED) is 0.765. The van der Waals surface area contributed by atoms with Crippen LogP contribution in [0, 0.1) is 0 Å². The van der Waals surface area contributed by atoms with Crippen molar-refractivity contribution in [2.45, 2.75) is 19.9 Å². The first-order valence-corrected chi connectivity index (χ1v) is 9.88. The van der Waals surface area contributed by atoms with Crippen molar-refractivity contribution in [2.75, 3.05) is 50.1 Å². The Morgan fingerprint density at radius 1 is 1.18 bits per heavy atom. The van der Waals surface area contributed by atoms with E-state index in [9.17, 15) is 4.79 Å². The van der Waals surface area contributed by atoms with Crippen molar-refractivity contribution in [2.24, 2.45) is 0 Å². The number of para-hydroxylation sites is 2. The van der Waals surface area contributed by atoms with Crippen molar-refractivity contribution in [3.63, 3.8) is 0 Å². The molecule has 3 rings (SSSR count). The summed E-state index contributed by atoms with van der Waals surface area (Å²) in [7, 11) is 1.62. The van der Waals surface area contributed by atoms with Gasteiger partial charge in [0, 0.05) is 11.8 Å². The molecule has 6 heteroatoms. The fourth-order valence-electron chi connectivity index (χ4n) is 3.60. The number of rotatable bonds is 7. The molecule has 0 bridgehead atoms. The molecule has 0 unspecified atom stereocenters. The molecule has 150 valence electrons. The van der Waals surface area contributed by atoms with Gasteiger partial charge in [-0.2, -0.15) is 0 Å². The van der Waals surface area contributed by atoms with Crippen LogP contribution in [-0.2, 0) is 4.79 Å². The van der Waals surface area contributed by atoms with Gasteiger partial charge in [-0.3, -0.25) is 4.79 Å². The topological polar surface area (TPSA) is 55.2 Å². The lowest BCUT2D eigenvalue weighted by molar-refractivity contribution is -0.914. The fourth-order valence-corrected chi connectivity index (χ4v) is 3.60. The number of hydrogen-bond donors (Lipinski definition) is 2. The van der Waals surface area contributed by atoms with Crippen LogP contribution in [0.15, 0.2) is 48.5 Å². The molecule has 1 saturated heterocycles. The van der Waals surface area contributed by atoms with E-state index in [2.05, 4.69) is 16.3 Å². The van der Waals surface area contributed by atoms with E-state index in [1.165, 1.54) is 4.90 Å². The number of hydrogen-bond acceptors (Lipinski definition) is 4. The number of benzene rings is 2. The molecule has 2 N–H and O–H groups in total. The molecule has 1 fully saturated rings. The molecule has 0 spiro atoms. The van der Waals surface area contributed by atoms with E-state index in [1.807, 2.05) is 56.3 Å². The predicted octanol–water partition coefficient (Wildman–Crippen LogP) is 1.83. The molecule has 1 aliphatic heterocycles. The summed E-state index contributed by atoms with van der Waals surface area (Å²) < 4.78 is 11.0. The Morgan fingerprint density at radius 3 is 2.64 bits per heavy atom. The van der Waals surface area contributed by atoms with Crippen molar-refractivity contribution in [3.8, 4) is 11.5 Å². The summed E-state index contributed by atoms with van der Waals surface area (Å²) in [6, 6.07) is 15.5. The molecule has 1 aliphatic rings. The van der Waals surface area contributed by atoms with Gasteiger partial charge in [0.25, 0.3) is 5.91 Å². The number of nitrogens with zero attached hydrogens (tertiary/aromatic N) is 1. The van der Waals surface area contributed by atoms with E-state index in [0.29, 0.717) is 6.61 Å². The molecule has 0 aliphatic carbocycles. The largest absolute Gasteiger partial charge is 0.497 e. The van der Waals surface area contributed by atoms with E-state index in [0.717, 1.165) is 49.1 Å². The second-order valence-electron chi connectivity index (χ2n) is 6.99. The average molecular weight is 385 g/mol. The highest BCUT2D eigenvalue weighted by atomic mass is 16.5. The molecular weight excluding hydrogens is 354 g/mol. The summed E-state index contributed by atoms with van der Waals surface area (Å²) in [5.41, 5.74) is 1.90. The van der Waals surface area contributed by atoms with Crippen LogP contribution in [-0.4, -0.2) is 51.8 Å². The summed E-state index contributed by atoms with van der Waals surface area (Å²) in [5, 5.41) is 3.01. The first-order valence-electron chi connectivity index (χ1n) is 9.88. The molecule has 0 radical (unpaired) electrons. The minimum absolute atomic E-state index is 0.0337. The van der Waals surface area contributed by atoms with Gasteiger partial charge in [-0.25, -0.2) is 0 Å². The van der Waals surface area contributed by atoms with E-state index in [1.54, 1.807) is 7.11 Å². The normalized spacial score (nSPS) is 15.8. The Bertz CT molecular complexity index is 788. The SMILES string of the molecule is CCOc1ccccc1N1CC[NH+]([C@@H](C)C(=O)Nc2cccc(OC)c2)CC1. The zero-order valence-electron chi connectivity index (χ0n) is 16.9. The first-order chi connectivity index (χ1) is 13.6. The number of piperazine rings is 1. The minimum Gasteiger partial charge on any atom is -0.497 e. The first kappa shape index (κ1) is 20.0. The van der Waals surface area contributed by atoms with Gasteiger partial charge < -0.3 is 24.6 Å². The number of quaternary nitrogens is 1. The van der Waals surface area contributed by atoms with Gasteiger partial charge in [-0.15, -0.1) is 0 Å². The van der Waals surface area contributed by atoms with Crippen LogP contribution in [0.25, 0.3) is 0 Å². The second-order valence-corrected chi connectivity index (χ2v) is 6.99. The lowest BCUT2D eigenvalue weighted by atomic mass is 10.2. The summed E-state index contributed by atoms with van der Waals surface area (Å²) >= 11 is 0. The van der Waals surface area contributed by atoms with Crippen molar-refractivity contribution in [1.82, 2.24) is 0 Å². The third-order valence-electron chi connectivity index (χ3n) is 5.25. The van der Waals surface area contributed by atoms with Gasteiger partial charge in [0.2, 0.25) is 0 Å². The Hall–Kier alpha value is -2.73. The summed E-state index contributed by atoms with van der Waals surface area (Å²) in [5.74, 6) is 1.70. The number of anilines is 2. The highest BCUT2D eigenvalue weighted by molar-refractivity contribution is 5.93. The van der Waals surface area contributed by atoms with Crippen LogP contribution in [0.4, 0.5) is 11.4 Å². The smallest absolute Gasteiger partial charge is 0.282 e. The van der Waals surface area contributed by atoms with Crippen LogP contribution in [0.1, 0.15) is 13.8 Å². The second kappa shape index (κ2) is 9.46. The molecule has 6 nitrogen and oxygen atoms in total. The molecular formula is C22H30N3O3+. The third kappa shape index (κ3) is 4.75. The van der Waals surface area contributed by atoms with Crippen LogP contribution in [0.3, 0.4) is 0 Å². The summed E-state index contributed by atoms with van der Waals surface area (Å²) in [6.07, 6.45) is 0. The minimum atomic E-state index is -0.115. The molecule has 1 atom stereocenters. The zero-order chi connectivity index (χ0) is 19.9. The fraction of sp³-hybridized carbons (Fsp3) is 0.409. The molecule has 1 amide bonds. The Kier molecular flexibility index (Phi) is 6.76. The Labute approximate surface area is 167 Å². The molecule has 2 aromatic rings. The van der Waals surface area contributed by atoms with Crippen LogP contribution in [0.2, 0.25) is 0 Å². The third-order valence-corrected chi connectivity index (χ3v) is 5.25. The number of amides is 1. The maximum atomic E-state index is 12.7. The number of carbonyl (C=O) groups is 1. The van der Waals surface area contributed by atoms with Crippen molar-refractivity contribution >= 4 is 17.3 Å². The lowest BCUT2D eigenvalue weighted by Crippen LogP contribution is -3.19. The Morgan fingerprint density at radius 2 is 1.93 bits per heavy atom. The predicted molar refractivity (Wildman–Crippen MR) is 112 cm³/mol. The van der Waals surface area contributed by atoms with Crippen LogP contribution in [0.5, 0.6) is 11.5 Å². The number of methoxy groups -OCH3 is 1. The van der Waals surface area contributed by atoms with Gasteiger partial charge in [0.1, 0.15) is 11.5 Å². The van der Waals surface area contributed by atoms with Crippen molar-refractivity contribution in [3.05, 3.63) is 48.5 Å². The highest BCUT2D eigenvalue weighted by Gasteiger charge is 2.30. The Balaban J connectivity index is 1.57. The average Bonchev–Trinajstić information content (AvgIpc) is 2.74. The summed E-state index contributed by atoms with van der Waals surface area (Å²) in [6.45, 7) is 8.27. The molecule has 1 heterocycles. The van der Waals surface area contributed by atoms with Gasteiger partial charge >= 0.3 is 0 Å². The van der Waals surface area contributed by atoms with Gasteiger partial charge in [-0.05, 0) is 38.1 Å². The van der Waals surface area contributed by atoms with Crippen molar-refractivity contribution in [1.29, 1.82) is 0 Å². The standard InChI is InChI=1S/C22H29N3O3/c1-4-28-21-11-6-5-10-20(21)25-14-12-24(13-15-25)17(2)22(26)23-18-8-7-9-19(16-18)27-3/h5-11,16-17H,4,12-15H2,1-3H3,(H,23,26)/p+1/t17-/m0/s1. The van der Waals surface area contributed by atoms with E-state index in [4.69, 9.17) is 9.47 Å². The van der Waals surface area contributed by atoms with Gasteiger partial charge in [0.05, 0.1) is 45.6 Å². The van der Waals surface area contributed by atoms with Crippen molar-refractivity contribution < 1.29 is 19.2 Å². The lowest BCUT2D eigenvalue weighted by Gasteiger charge is -2.36. The van der Waals surface area contributed by atoms with E-state index in [-0.39, 0.29) is 11.9 Å². The molecule has 2 aromatic carbocycles. The number of ether oxygens (including phenoxy) is 2.